The van der Waals surface area contributed by atoms with Crippen LogP contribution in [0.25, 0.3) is 39.2 Å². The summed E-state index contributed by atoms with van der Waals surface area (Å²) < 4.78 is 1.58. The van der Waals surface area contributed by atoms with Gasteiger partial charge in [-0.1, -0.05) is 54.1 Å². The van der Waals surface area contributed by atoms with Crippen molar-refractivity contribution in [1.82, 2.24) is 35.6 Å². The summed E-state index contributed by atoms with van der Waals surface area (Å²) in [5, 5.41) is 13.6. The van der Waals surface area contributed by atoms with E-state index in [9.17, 15) is 14.4 Å². The number of amides is 2. The van der Waals surface area contributed by atoms with E-state index in [1.807, 2.05) is 36.4 Å². The van der Waals surface area contributed by atoms with E-state index in [4.69, 9.17) is 16.6 Å². The van der Waals surface area contributed by atoms with Crippen molar-refractivity contribution in [3.8, 4) is 33.5 Å². The van der Waals surface area contributed by atoms with Gasteiger partial charge in [0.2, 0.25) is 11.8 Å². The third-order valence-corrected chi connectivity index (χ3v) is 11.3. The molecule has 3 atom stereocenters. The smallest absolute Gasteiger partial charge is 0.262 e. The molecule has 0 unspecified atom stereocenters. The molecule has 2 saturated heterocycles. The van der Waals surface area contributed by atoms with Gasteiger partial charge in [0.05, 0.1) is 10.7 Å². The van der Waals surface area contributed by atoms with Gasteiger partial charge in [-0.05, 0) is 66.6 Å². The Morgan fingerprint density at radius 3 is 2.34 bits per heavy atom. The normalized spacial score (nSPS) is 19.8. The zero-order valence-electron chi connectivity index (χ0n) is 29.9. The number of nitrogens with zero attached hydrogens (tertiary/aromatic N) is 4. The first-order chi connectivity index (χ1) is 25.7. The van der Waals surface area contributed by atoms with Crippen LogP contribution in [0, 0.1) is 6.92 Å². The quantitative estimate of drug-likeness (QED) is 0.155. The number of carbonyl (C=O) groups excluding carboxylic acids is 2. The first-order valence-corrected chi connectivity index (χ1v) is 18.8. The average molecular weight is 731 g/mol. The van der Waals surface area contributed by atoms with Crippen LogP contribution in [0.4, 0.5) is 5.82 Å². The van der Waals surface area contributed by atoms with Crippen LogP contribution >= 0.6 is 11.6 Å². The summed E-state index contributed by atoms with van der Waals surface area (Å²) in [4.78, 5) is 48.5. The Bertz CT molecular complexity index is 2290. The molecule has 0 radical (unpaired) electrons. The molecule has 0 spiro atoms. The zero-order chi connectivity index (χ0) is 36.6. The van der Waals surface area contributed by atoms with Crippen LogP contribution in [0.15, 0.2) is 77.9 Å². The van der Waals surface area contributed by atoms with Crippen molar-refractivity contribution in [1.29, 1.82) is 0 Å². The van der Waals surface area contributed by atoms with Crippen molar-refractivity contribution in [3.05, 3.63) is 105 Å². The lowest BCUT2D eigenvalue weighted by Gasteiger charge is -2.33. The van der Waals surface area contributed by atoms with Crippen molar-refractivity contribution in [2.75, 3.05) is 31.6 Å². The summed E-state index contributed by atoms with van der Waals surface area (Å²) in [6.07, 6.45) is 7.19. The van der Waals surface area contributed by atoms with Crippen molar-refractivity contribution in [3.63, 3.8) is 0 Å². The maximum Gasteiger partial charge on any atom is 0.262 e. The molecule has 0 bridgehead atoms. The minimum atomic E-state index is -0.119. The number of fused-ring (bicyclic) bond motifs is 2. The molecule has 0 aliphatic carbocycles. The van der Waals surface area contributed by atoms with E-state index in [0.717, 1.165) is 82.8 Å². The highest BCUT2D eigenvalue weighted by Gasteiger charge is 2.28. The predicted molar refractivity (Wildman–Crippen MR) is 208 cm³/mol. The lowest BCUT2D eigenvalue weighted by Crippen LogP contribution is -2.40. The Hall–Kier alpha value is -5.10. The van der Waals surface area contributed by atoms with Gasteiger partial charge in [0.15, 0.2) is 0 Å². The van der Waals surface area contributed by atoms with Gasteiger partial charge < -0.3 is 26.2 Å². The van der Waals surface area contributed by atoms with Crippen molar-refractivity contribution in [2.45, 2.75) is 63.7 Å². The summed E-state index contributed by atoms with van der Waals surface area (Å²) in [5.74, 6) is 1.14. The zero-order valence-corrected chi connectivity index (χ0v) is 30.7. The highest BCUT2D eigenvalue weighted by Crippen LogP contribution is 2.41. The van der Waals surface area contributed by atoms with Gasteiger partial charge >= 0.3 is 0 Å². The molecular formula is C41H43ClN8O3. The number of pyridine rings is 2. The van der Waals surface area contributed by atoms with E-state index < -0.39 is 0 Å². The number of hydrogen-bond donors (Lipinski definition) is 4. The van der Waals surface area contributed by atoms with Gasteiger partial charge in [0, 0.05) is 98.8 Å². The third kappa shape index (κ3) is 7.04. The van der Waals surface area contributed by atoms with E-state index in [-0.39, 0.29) is 35.5 Å². The number of anilines is 1. The molecule has 8 rings (SSSR count). The van der Waals surface area contributed by atoms with E-state index in [1.54, 1.807) is 16.8 Å². The molecule has 2 fully saturated rings. The SMILES string of the molecule is Cc1c(-c2ccn3c(=O)c(CNC[C@H]4CCC(=O)N4)cnc3c2)cccc1-c1cccc(-c2ccc3c(n2)N(C)CC[C@@H]3NC[C@@H]2CCC(=O)N2)c1Cl. The average Bonchev–Trinajstić information content (AvgIpc) is 3.79. The molecule has 2 aromatic carbocycles. The predicted octanol–water partition coefficient (Wildman–Crippen LogP) is 5.17. The van der Waals surface area contributed by atoms with Gasteiger partial charge in [-0.3, -0.25) is 18.8 Å². The molecule has 3 aliphatic heterocycles. The number of aromatic nitrogens is 3. The molecule has 11 nitrogen and oxygen atoms in total. The number of nitrogens with one attached hydrogen (secondary N) is 4. The highest BCUT2D eigenvalue weighted by molar-refractivity contribution is 6.36. The van der Waals surface area contributed by atoms with E-state index in [0.29, 0.717) is 42.2 Å². The second kappa shape index (κ2) is 14.7. The van der Waals surface area contributed by atoms with Crippen LogP contribution in [-0.4, -0.2) is 64.9 Å². The Kier molecular flexibility index (Phi) is 9.72. The molecule has 12 heteroatoms. The first kappa shape index (κ1) is 35.0. The standard InChI is InChI=1S/C41H43ClN8O3/c1-24-29(25-15-18-50-36(19-25)45-21-26(41(50)53)20-43-22-27-9-13-37(51)46-27)5-3-6-30(24)31-7-4-8-32(39(31)42)35-12-11-33-34(16-17-49(2)40(33)48-35)44-23-28-10-14-38(52)47-28/h3-8,11-12,15,18-19,21,27-28,34,43-44H,9-10,13-14,16-17,20,22-23H2,1-2H3,(H,46,51)(H,47,52)/t27-,28+,34+/m1/s1. The summed E-state index contributed by atoms with van der Waals surface area (Å²) >= 11 is 7.25. The molecule has 4 N–H and O–H groups in total. The summed E-state index contributed by atoms with van der Waals surface area (Å²) in [7, 11) is 2.07. The molecule has 0 saturated carbocycles. The third-order valence-electron chi connectivity index (χ3n) is 10.9. The summed E-state index contributed by atoms with van der Waals surface area (Å²) in [6.45, 7) is 4.69. The largest absolute Gasteiger partial charge is 0.359 e. The Morgan fingerprint density at radius 1 is 0.868 bits per heavy atom. The lowest BCUT2D eigenvalue weighted by molar-refractivity contribution is -0.120. The summed E-state index contributed by atoms with van der Waals surface area (Å²) in [6, 6.07) is 20.8. The summed E-state index contributed by atoms with van der Waals surface area (Å²) in [5.41, 5.74) is 8.80. The second-order valence-corrected chi connectivity index (χ2v) is 14.8. The van der Waals surface area contributed by atoms with Crippen molar-refractivity contribution < 1.29 is 9.59 Å². The fraction of sp³-hybridized carbons (Fsp3) is 0.341. The fourth-order valence-electron chi connectivity index (χ4n) is 7.89. The number of carbonyl (C=O) groups is 2. The van der Waals surface area contributed by atoms with Gasteiger partial charge in [0.25, 0.3) is 5.56 Å². The molecule has 2 amide bonds. The van der Waals surface area contributed by atoms with Crippen LogP contribution in [0.3, 0.4) is 0 Å². The number of benzene rings is 2. The number of hydrogen-bond acceptors (Lipinski definition) is 8. The monoisotopic (exact) mass is 730 g/mol. The molecule has 272 valence electrons. The highest BCUT2D eigenvalue weighted by atomic mass is 35.5. The molecular weight excluding hydrogens is 688 g/mol. The Morgan fingerprint density at radius 2 is 1.58 bits per heavy atom. The minimum absolute atomic E-state index is 0.0741. The van der Waals surface area contributed by atoms with Crippen LogP contribution in [-0.2, 0) is 16.1 Å². The molecule has 3 aromatic heterocycles. The maximum atomic E-state index is 13.3. The maximum absolute atomic E-state index is 13.3. The Balaban J connectivity index is 1.03. The van der Waals surface area contributed by atoms with Crippen LogP contribution < -0.4 is 31.7 Å². The molecule has 6 heterocycles. The van der Waals surface area contributed by atoms with Crippen LogP contribution in [0.1, 0.15) is 54.8 Å². The number of rotatable bonds is 10. The van der Waals surface area contributed by atoms with E-state index in [1.165, 1.54) is 0 Å². The fourth-order valence-corrected chi connectivity index (χ4v) is 8.21. The van der Waals surface area contributed by atoms with Crippen LogP contribution in [0.2, 0.25) is 5.02 Å². The lowest BCUT2D eigenvalue weighted by atomic mass is 9.91. The molecule has 53 heavy (non-hydrogen) atoms. The minimum Gasteiger partial charge on any atom is -0.359 e. The second-order valence-electron chi connectivity index (χ2n) is 14.4. The van der Waals surface area contributed by atoms with E-state index in [2.05, 4.69) is 69.4 Å². The van der Waals surface area contributed by atoms with Gasteiger partial charge in [-0.25, -0.2) is 9.97 Å². The Labute approximate surface area is 313 Å². The van der Waals surface area contributed by atoms with Crippen molar-refractivity contribution >= 4 is 34.9 Å². The first-order valence-electron chi connectivity index (χ1n) is 18.4. The van der Waals surface area contributed by atoms with Crippen molar-refractivity contribution in [2.24, 2.45) is 0 Å². The molecule has 3 aliphatic rings. The molecule has 5 aromatic rings. The van der Waals surface area contributed by atoms with Crippen LogP contribution in [0.5, 0.6) is 0 Å². The number of halogens is 1. The topological polar surface area (TPSA) is 133 Å². The van der Waals surface area contributed by atoms with Gasteiger partial charge in [0.1, 0.15) is 11.5 Å². The van der Waals surface area contributed by atoms with Gasteiger partial charge in [-0.15, -0.1) is 0 Å². The van der Waals surface area contributed by atoms with E-state index >= 15 is 0 Å². The van der Waals surface area contributed by atoms with Gasteiger partial charge in [-0.2, -0.15) is 0 Å².